The van der Waals surface area contributed by atoms with E-state index in [-0.39, 0.29) is 24.4 Å². The monoisotopic (exact) mass is 376 g/mol. The molecule has 4 nitrogen and oxygen atoms in total. The molecule has 2 N–H and O–H groups in total. The van der Waals surface area contributed by atoms with Crippen LogP contribution in [0.15, 0.2) is 29.6 Å². The van der Waals surface area contributed by atoms with Crippen molar-refractivity contribution in [2.24, 2.45) is 5.92 Å². The van der Waals surface area contributed by atoms with Gasteiger partial charge in [0.2, 0.25) is 5.91 Å². The zero-order chi connectivity index (χ0) is 18.7. The van der Waals surface area contributed by atoms with Crippen LogP contribution in [0.4, 0.5) is 4.39 Å². The van der Waals surface area contributed by atoms with Gasteiger partial charge in [0.05, 0.1) is 11.1 Å². The van der Waals surface area contributed by atoms with Gasteiger partial charge in [-0.05, 0) is 57.6 Å². The third-order valence-electron chi connectivity index (χ3n) is 5.26. The predicted octanol–water partition coefficient (Wildman–Crippen LogP) is 3.89. The number of aliphatic hydroxyl groups is 1. The van der Waals surface area contributed by atoms with Gasteiger partial charge in [0, 0.05) is 23.6 Å². The summed E-state index contributed by atoms with van der Waals surface area (Å²) in [5, 5.41) is 14.8. The first kappa shape index (κ1) is 19.0. The standard InChI is InChI=1S/C20H25FN2O2S/c1-20(2,19(25)22-14-9-7-13(11-24)8-10-14)17-12-26-18(23-17)15-5-3-4-6-16(15)21/h3-6,12-14,24H,7-11H2,1-2H3,(H,22,25). The van der Waals surface area contributed by atoms with Crippen molar-refractivity contribution in [1.82, 2.24) is 10.3 Å². The predicted molar refractivity (Wildman–Crippen MR) is 102 cm³/mol. The van der Waals surface area contributed by atoms with Crippen molar-refractivity contribution in [2.45, 2.75) is 51.0 Å². The number of aliphatic hydroxyl groups excluding tert-OH is 1. The Morgan fingerprint density at radius 2 is 2.00 bits per heavy atom. The smallest absolute Gasteiger partial charge is 0.231 e. The number of benzene rings is 1. The molecule has 140 valence electrons. The molecule has 1 aromatic carbocycles. The molecule has 0 saturated heterocycles. The van der Waals surface area contributed by atoms with Crippen LogP contribution in [0, 0.1) is 11.7 Å². The molecule has 1 saturated carbocycles. The van der Waals surface area contributed by atoms with Crippen molar-refractivity contribution in [1.29, 1.82) is 0 Å². The zero-order valence-electron chi connectivity index (χ0n) is 15.2. The maximum Gasteiger partial charge on any atom is 0.231 e. The molecule has 0 unspecified atom stereocenters. The SMILES string of the molecule is CC(C)(C(=O)NC1CCC(CO)CC1)c1csc(-c2ccccc2F)n1. The van der Waals surface area contributed by atoms with Gasteiger partial charge < -0.3 is 10.4 Å². The highest BCUT2D eigenvalue weighted by Gasteiger charge is 2.34. The summed E-state index contributed by atoms with van der Waals surface area (Å²) in [5.41, 5.74) is 0.331. The average Bonchev–Trinajstić information content (AvgIpc) is 3.13. The van der Waals surface area contributed by atoms with Crippen molar-refractivity contribution in [2.75, 3.05) is 6.61 Å². The molecule has 1 aliphatic rings. The Kier molecular flexibility index (Phi) is 5.73. The van der Waals surface area contributed by atoms with E-state index in [1.54, 1.807) is 18.2 Å². The largest absolute Gasteiger partial charge is 0.396 e. The molecule has 0 bridgehead atoms. The number of thiazole rings is 1. The van der Waals surface area contributed by atoms with E-state index in [1.165, 1.54) is 17.4 Å². The molecule has 1 aliphatic carbocycles. The molecule has 2 aromatic rings. The maximum absolute atomic E-state index is 14.0. The normalized spacial score (nSPS) is 20.8. The molecular weight excluding hydrogens is 351 g/mol. The number of hydrogen-bond acceptors (Lipinski definition) is 4. The van der Waals surface area contributed by atoms with E-state index in [4.69, 9.17) is 0 Å². The summed E-state index contributed by atoms with van der Waals surface area (Å²) in [4.78, 5) is 17.4. The molecule has 0 radical (unpaired) electrons. The second-order valence-corrected chi connectivity index (χ2v) is 8.37. The van der Waals surface area contributed by atoms with E-state index in [9.17, 15) is 14.3 Å². The second kappa shape index (κ2) is 7.84. The lowest BCUT2D eigenvalue weighted by molar-refractivity contribution is -0.126. The number of halogens is 1. The summed E-state index contributed by atoms with van der Waals surface area (Å²) in [6.07, 6.45) is 3.67. The van der Waals surface area contributed by atoms with Crippen molar-refractivity contribution in [3.05, 3.63) is 41.2 Å². The number of nitrogens with zero attached hydrogens (tertiary/aromatic N) is 1. The van der Waals surface area contributed by atoms with Gasteiger partial charge >= 0.3 is 0 Å². The highest BCUT2D eigenvalue weighted by atomic mass is 32.1. The van der Waals surface area contributed by atoms with Gasteiger partial charge in [-0.3, -0.25) is 4.79 Å². The fourth-order valence-corrected chi connectivity index (χ4v) is 4.30. The van der Waals surface area contributed by atoms with Gasteiger partial charge in [0.15, 0.2) is 0 Å². The minimum Gasteiger partial charge on any atom is -0.396 e. The summed E-state index contributed by atoms with van der Waals surface area (Å²) in [7, 11) is 0. The van der Waals surface area contributed by atoms with E-state index in [0.717, 1.165) is 25.7 Å². The fourth-order valence-electron chi connectivity index (χ4n) is 3.29. The quantitative estimate of drug-likeness (QED) is 0.832. The summed E-state index contributed by atoms with van der Waals surface area (Å²) < 4.78 is 14.0. The maximum atomic E-state index is 14.0. The molecule has 0 aliphatic heterocycles. The average molecular weight is 376 g/mol. The highest BCUT2D eigenvalue weighted by molar-refractivity contribution is 7.13. The summed E-state index contributed by atoms with van der Waals surface area (Å²) in [6.45, 7) is 3.92. The third kappa shape index (κ3) is 3.96. The van der Waals surface area contributed by atoms with Crippen LogP contribution in [0.25, 0.3) is 10.6 Å². The number of carbonyl (C=O) groups excluding carboxylic acids is 1. The van der Waals surface area contributed by atoms with Gasteiger partial charge in [-0.1, -0.05) is 12.1 Å². The van der Waals surface area contributed by atoms with Crippen molar-refractivity contribution >= 4 is 17.2 Å². The Morgan fingerprint density at radius 3 is 2.65 bits per heavy atom. The fraction of sp³-hybridized carbons (Fsp3) is 0.500. The first-order chi connectivity index (χ1) is 12.4. The summed E-state index contributed by atoms with van der Waals surface area (Å²) in [6, 6.07) is 6.69. The number of rotatable bonds is 5. The number of hydrogen-bond donors (Lipinski definition) is 2. The summed E-state index contributed by atoms with van der Waals surface area (Å²) >= 11 is 1.35. The Balaban J connectivity index is 1.70. The topological polar surface area (TPSA) is 62.2 Å². The van der Waals surface area contributed by atoms with Gasteiger partial charge in [-0.2, -0.15) is 0 Å². The van der Waals surface area contributed by atoms with Gasteiger partial charge in [-0.25, -0.2) is 9.37 Å². The molecule has 6 heteroatoms. The Morgan fingerprint density at radius 1 is 1.31 bits per heavy atom. The van der Waals surface area contributed by atoms with Crippen LogP contribution in [0.3, 0.4) is 0 Å². The number of aromatic nitrogens is 1. The molecule has 1 heterocycles. The zero-order valence-corrected chi connectivity index (χ0v) is 16.0. The number of carbonyl (C=O) groups is 1. The summed E-state index contributed by atoms with van der Waals surface area (Å²) in [5.74, 6) is -0.00957. The van der Waals surface area contributed by atoms with Crippen molar-refractivity contribution in [3.63, 3.8) is 0 Å². The van der Waals surface area contributed by atoms with Crippen molar-refractivity contribution < 1.29 is 14.3 Å². The minimum atomic E-state index is -0.784. The molecule has 3 rings (SSSR count). The molecule has 0 atom stereocenters. The van der Waals surface area contributed by atoms with Crippen LogP contribution >= 0.6 is 11.3 Å². The van der Waals surface area contributed by atoms with Crippen LogP contribution in [0.5, 0.6) is 0 Å². The third-order valence-corrected chi connectivity index (χ3v) is 6.13. The van der Waals surface area contributed by atoms with E-state index in [1.807, 2.05) is 19.2 Å². The number of nitrogens with one attached hydrogen (secondary N) is 1. The van der Waals surface area contributed by atoms with Gasteiger partial charge in [0.25, 0.3) is 0 Å². The lowest BCUT2D eigenvalue weighted by Crippen LogP contribution is -2.46. The van der Waals surface area contributed by atoms with E-state index in [0.29, 0.717) is 22.2 Å². The van der Waals surface area contributed by atoms with Crippen LogP contribution in [-0.2, 0) is 10.2 Å². The molecule has 0 spiro atoms. The lowest BCUT2D eigenvalue weighted by Gasteiger charge is -2.31. The second-order valence-electron chi connectivity index (χ2n) is 7.52. The lowest BCUT2D eigenvalue weighted by atomic mass is 9.84. The molecule has 1 aromatic heterocycles. The van der Waals surface area contributed by atoms with Gasteiger partial charge in [0.1, 0.15) is 10.8 Å². The highest BCUT2D eigenvalue weighted by Crippen LogP contribution is 2.32. The van der Waals surface area contributed by atoms with Crippen LogP contribution < -0.4 is 5.32 Å². The van der Waals surface area contributed by atoms with Crippen LogP contribution in [-0.4, -0.2) is 28.6 Å². The van der Waals surface area contributed by atoms with E-state index < -0.39 is 5.41 Å². The molecule has 1 amide bonds. The molecule has 26 heavy (non-hydrogen) atoms. The molecular formula is C20H25FN2O2S. The van der Waals surface area contributed by atoms with Crippen molar-refractivity contribution in [3.8, 4) is 10.6 Å². The van der Waals surface area contributed by atoms with Crippen LogP contribution in [0.2, 0.25) is 0 Å². The Hall–Kier alpha value is -1.79. The first-order valence-corrected chi connectivity index (χ1v) is 9.92. The van der Waals surface area contributed by atoms with E-state index in [2.05, 4.69) is 10.3 Å². The van der Waals surface area contributed by atoms with Crippen LogP contribution in [0.1, 0.15) is 45.2 Å². The minimum absolute atomic E-state index is 0.0599. The van der Waals surface area contributed by atoms with E-state index >= 15 is 0 Å². The van der Waals surface area contributed by atoms with Gasteiger partial charge in [-0.15, -0.1) is 11.3 Å². The Bertz CT molecular complexity index is 767. The molecule has 1 fully saturated rings. The Labute approximate surface area is 157 Å². The first-order valence-electron chi connectivity index (χ1n) is 9.04. The number of amides is 1.